The van der Waals surface area contributed by atoms with Crippen molar-refractivity contribution in [3.8, 4) is 5.75 Å². The highest BCUT2D eigenvalue weighted by atomic mass is 16.5. The second-order valence-electron chi connectivity index (χ2n) is 7.65. The van der Waals surface area contributed by atoms with E-state index in [1.54, 1.807) is 21.1 Å². The lowest BCUT2D eigenvalue weighted by Crippen LogP contribution is -2.42. The van der Waals surface area contributed by atoms with Crippen LogP contribution in [-0.2, 0) is 29.7 Å². The molecule has 0 saturated heterocycles. The van der Waals surface area contributed by atoms with E-state index in [9.17, 15) is 14.4 Å². The van der Waals surface area contributed by atoms with Gasteiger partial charge in [-0.05, 0) is 25.0 Å². The molecule has 0 amide bonds. The van der Waals surface area contributed by atoms with Crippen LogP contribution in [0.1, 0.15) is 13.8 Å². The van der Waals surface area contributed by atoms with E-state index < -0.39 is 23.8 Å². The van der Waals surface area contributed by atoms with Gasteiger partial charge in [0.15, 0.2) is 11.2 Å². The van der Waals surface area contributed by atoms with Crippen LogP contribution in [-0.4, -0.2) is 44.9 Å². The fourth-order valence-electron chi connectivity index (χ4n) is 3.98. The predicted octanol–water partition coefficient (Wildman–Crippen LogP) is 1.26. The van der Waals surface area contributed by atoms with Crippen LogP contribution in [0.3, 0.4) is 0 Å². The normalized spacial score (nSPS) is 15.7. The number of hydrogen-bond donors (Lipinski definition) is 0. The molecule has 4 rings (SSSR count). The summed E-state index contributed by atoms with van der Waals surface area (Å²) in [6, 6.07) is 7.60. The first-order chi connectivity index (χ1) is 14.8. The second-order valence-corrected chi connectivity index (χ2v) is 7.65. The summed E-state index contributed by atoms with van der Waals surface area (Å²) in [6.07, 6.45) is 0. The lowest BCUT2D eigenvalue weighted by atomic mass is 10.1. The number of anilines is 2. The van der Waals surface area contributed by atoms with Crippen LogP contribution >= 0.6 is 0 Å². The van der Waals surface area contributed by atoms with Crippen molar-refractivity contribution in [3.05, 3.63) is 45.1 Å². The van der Waals surface area contributed by atoms with Gasteiger partial charge in [0.25, 0.3) is 5.56 Å². The van der Waals surface area contributed by atoms with Crippen LogP contribution in [0, 0.1) is 5.92 Å². The Hall–Kier alpha value is -3.56. The van der Waals surface area contributed by atoms with E-state index in [0.717, 1.165) is 10.3 Å². The number of imidazole rings is 1. The summed E-state index contributed by atoms with van der Waals surface area (Å²) >= 11 is 0. The van der Waals surface area contributed by atoms with Gasteiger partial charge in [-0.1, -0.05) is 13.0 Å². The molecular formula is C21H25N5O5. The van der Waals surface area contributed by atoms with E-state index >= 15 is 0 Å². The highest BCUT2D eigenvalue weighted by Gasteiger charge is 2.30. The van der Waals surface area contributed by atoms with Gasteiger partial charge in [-0.3, -0.25) is 14.2 Å². The number of carbonyl (C=O) groups excluding carboxylic acids is 1. The minimum Gasteiger partial charge on any atom is -0.497 e. The Labute approximate surface area is 178 Å². The summed E-state index contributed by atoms with van der Waals surface area (Å²) in [5.74, 6) is 0.863. The zero-order valence-corrected chi connectivity index (χ0v) is 18.0. The maximum absolute atomic E-state index is 13.3. The number of rotatable bonds is 5. The summed E-state index contributed by atoms with van der Waals surface area (Å²) in [5.41, 5.74) is 0.291. The second kappa shape index (κ2) is 7.93. The number of ether oxygens (including phenoxy) is 2. The smallest absolute Gasteiger partial charge is 0.333 e. The van der Waals surface area contributed by atoms with E-state index in [4.69, 9.17) is 9.47 Å². The molecule has 1 aromatic carbocycles. The van der Waals surface area contributed by atoms with Crippen molar-refractivity contribution in [3.63, 3.8) is 0 Å². The zero-order chi connectivity index (χ0) is 22.3. The van der Waals surface area contributed by atoms with Crippen LogP contribution in [0.15, 0.2) is 33.9 Å². The maximum atomic E-state index is 13.3. The maximum Gasteiger partial charge on any atom is 0.333 e. The molecule has 31 heavy (non-hydrogen) atoms. The molecule has 0 N–H and O–H groups in total. The third-order valence-electron chi connectivity index (χ3n) is 5.40. The molecule has 0 fully saturated rings. The van der Waals surface area contributed by atoms with Crippen molar-refractivity contribution in [1.29, 1.82) is 0 Å². The Morgan fingerprint density at radius 3 is 2.74 bits per heavy atom. The van der Waals surface area contributed by atoms with Gasteiger partial charge in [-0.2, -0.15) is 4.98 Å². The molecule has 0 spiro atoms. The highest BCUT2D eigenvalue weighted by Crippen LogP contribution is 2.34. The SMILES string of the molecule is CCOC(=O)Cn1c(=O)c2c(nc3n2C[C@@H](C)CN3c2cccc(OC)c2)n(C)c1=O. The molecule has 2 aromatic heterocycles. The molecule has 0 unspecified atom stereocenters. The predicted molar refractivity (Wildman–Crippen MR) is 115 cm³/mol. The average Bonchev–Trinajstić information content (AvgIpc) is 3.14. The Balaban J connectivity index is 1.93. The Morgan fingerprint density at radius 2 is 2.03 bits per heavy atom. The Kier molecular flexibility index (Phi) is 5.30. The summed E-state index contributed by atoms with van der Waals surface area (Å²) in [6.45, 7) is 4.75. The number of benzene rings is 1. The number of esters is 1. The molecule has 164 valence electrons. The lowest BCUT2D eigenvalue weighted by molar-refractivity contribution is -0.143. The molecule has 1 aliphatic rings. The summed E-state index contributed by atoms with van der Waals surface area (Å²) in [5, 5.41) is 0. The van der Waals surface area contributed by atoms with Crippen LogP contribution < -0.4 is 20.9 Å². The van der Waals surface area contributed by atoms with E-state index in [0.29, 0.717) is 30.3 Å². The molecule has 0 saturated carbocycles. The van der Waals surface area contributed by atoms with Crippen molar-refractivity contribution in [2.75, 3.05) is 25.2 Å². The third-order valence-corrected chi connectivity index (χ3v) is 5.40. The van der Waals surface area contributed by atoms with Gasteiger partial charge >= 0.3 is 11.7 Å². The topological polar surface area (TPSA) is 101 Å². The number of aryl methyl sites for hydroxylation is 1. The quantitative estimate of drug-likeness (QED) is 0.565. The number of aromatic nitrogens is 4. The van der Waals surface area contributed by atoms with Gasteiger partial charge in [0.2, 0.25) is 5.95 Å². The fraction of sp³-hybridized carbons (Fsp3) is 0.429. The average molecular weight is 427 g/mol. The van der Waals surface area contributed by atoms with Gasteiger partial charge in [-0.25, -0.2) is 9.36 Å². The molecule has 0 bridgehead atoms. The standard InChI is InChI=1S/C21H25N5O5/c1-5-31-16(27)12-26-19(28)17-18(23(3)21(26)29)22-20-24(10-13(2)11-25(17)20)14-7-6-8-15(9-14)30-4/h6-9,13H,5,10-12H2,1-4H3/t13-/m0/s1. The number of hydrogen-bond acceptors (Lipinski definition) is 7. The van der Waals surface area contributed by atoms with Crippen LogP contribution in [0.5, 0.6) is 5.75 Å². The van der Waals surface area contributed by atoms with Crippen molar-refractivity contribution >= 4 is 28.8 Å². The number of nitrogens with zero attached hydrogens (tertiary/aromatic N) is 5. The van der Waals surface area contributed by atoms with Crippen LogP contribution in [0.4, 0.5) is 11.6 Å². The van der Waals surface area contributed by atoms with E-state index in [-0.39, 0.29) is 18.2 Å². The Morgan fingerprint density at radius 1 is 1.26 bits per heavy atom. The van der Waals surface area contributed by atoms with Crippen molar-refractivity contribution in [2.24, 2.45) is 13.0 Å². The number of fused-ring (bicyclic) bond motifs is 3. The summed E-state index contributed by atoms with van der Waals surface area (Å²) in [7, 11) is 3.15. The van der Waals surface area contributed by atoms with E-state index in [2.05, 4.69) is 11.9 Å². The molecule has 3 heterocycles. The van der Waals surface area contributed by atoms with Crippen molar-refractivity contribution in [2.45, 2.75) is 26.9 Å². The van der Waals surface area contributed by atoms with Crippen molar-refractivity contribution < 1.29 is 14.3 Å². The first-order valence-electron chi connectivity index (χ1n) is 10.1. The monoisotopic (exact) mass is 427 g/mol. The van der Waals surface area contributed by atoms with Crippen LogP contribution in [0.2, 0.25) is 0 Å². The lowest BCUT2D eigenvalue weighted by Gasteiger charge is -2.33. The molecule has 1 atom stereocenters. The van der Waals surface area contributed by atoms with Gasteiger partial charge in [0.05, 0.1) is 13.7 Å². The molecule has 10 nitrogen and oxygen atoms in total. The molecule has 1 aliphatic heterocycles. The molecular weight excluding hydrogens is 402 g/mol. The summed E-state index contributed by atoms with van der Waals surface area (Å²) in [4.78, 5) is 44.7. The Bertz CT molecular complexity index is 1270. The number of carbonyl (C=O) groups is 1. The molecule has 0 radical (unpaired) electrons. The highest BCUT2D eigenvalue weighted by molar-refractivity contribution is 5.78. The van der Waals surface area contributed by atoms with Crippen LogP contribution in [0.25, 0.3) is 11.2 Å². The van der Waals surface area contributed by atoms with E-state index in [1.165, 1.54) is 4.57 Å². The third kappa shape index (κ3) is 3.47. The van der Waals surface area contributed by atoms with Gasteiger partial charge < -0.3 is 18.9 Å². The first kappa shape index (κ1) is 20.7. The zero-order valence-electron chi connectivity index (χ0n) is 18.0. The largest absolute Gasteiger partial charge is 0.497 e. The van der Waals surface area contributed by atoms with Gasteiger partial charge in [-0.15, -0.1) is 0 Å². The van der Waals surface area contributed by atoms with E-state index in [1.807, 2.05) is 33.7 Å². The van der Waals surface area contributed by atoms with Gasteiger partial charge in [0.1, 0.15) is 12.3 Å². The van der Waals surface area contributed by atoms with Gasteiger partial charge in [0, 0.05) is 31.9 Å². The minimum atomic E-state index is -0.634. The first-order valence-corrected chi connectivity index (χ1v) is 10.1. The fourth-order valence-corrected chi connectivity index (χ4v) is 3.98. The number of methoxy groups -OCH3 is 1. The minimum absolute atomic E-state index is 0.172. The van der Waals surface area contributed by atoms with Crippen molar-refractivity contribution in [1.82, 2.24) is 18.7 Å². The molecule has 0 aliphatic carbocycles. The molecule has 3 aromatic rings. The molecule has 10 heteroatoms. The summed E-state index contributed by atoms with van der Waals surface area (Å²) < 4.78 is 14.3.